The number of hydrogen-bond donors (Lipinski definition) is 1. The van der Waals surface area contributed by atoms with Crippen LogP contribution in [0.5, 0.6) is 0 Å². The smallest absolute Gasteiger partial charge is 0.267 e. The molecule has 1 amide bonds. The van der Waals surface area contributed by atoms with Crippen LogP contribution in [-0.2, 0) is 5.41 Å². The van der Waals surface area contributed by atoms with E-state index in [1.54, 1.807) is 12.3 Å². The van der Waals surface area contributed by atoms with E-state index >= 15 is 0 Å². The zero-order valence-corrected chi connectivity index (χ0v) is 13.6. The number of nitrogens with zero attached hydrogens (tertiary/aromatic N) is 1. The van der Waals surface area contributed by atoms with Crippen LogP contribution < -0.4 is 5.43 Å². The molecule has 0 bridgehead atoms. The van der Waals surface area contributed by atoms with Gasteiger partial charge in [0.05, 0.1) is 6.21 Å². The molecule has 114 valence electrons. The lowest BCUT2D eigenvalue weighted by molar-refractivity contribution is 0.0955. The monoisotopic (exact) mass is 294 g/mol. The number of carbonyl (C=O) groups excluding carboxylic acids is 1. The fourth-order valence-corrected chi connectivity index (χ4v) is 2.09. The summed E-state index contributed by atoms with van der Waals surface area (Å²) in [6.07, 6.45) is 1.65. The minimum Gasteiger partial charge on any atom is -0.267 e. The van der Waals surface area contributed by atoms with Gasteiger partial charge in [0, 0.05) is 5.56 Å². The van der Waals surface area contributed by atoms with Gasteiger partial charge in [0.15, 0.2) is 0 Å². The summed E-state index contributed by atoms with van der Waals surface area (Å²) < 4.78 is 0. The van der Waals surface area contributed by atoms with Crippen LogP contribution in [0.2, 0.25) is 0 Å². The van der Waals surface area contributed by atoms with Gasteiger partial charge in [-0.2, -0.15) is 5.10 Å². The number of hydrazone groups is 1. The maximum Gasteiger partial charge on any atom is 0.271 e. The molecule has 0 saturated carbocycles. The molecule has 3 heteroatoms. The van der Waals surface area contributed by atoms with E-state index in [1.165, 1.54) is 5.56 Å². The predicted octanol–water partition coefficient (Wildman–Crippen LogP) is 4.06. The van der Waals surface area contributed by atoms with Gasteiger partial charge in [0.1, 0.15) is 0 Å². The largest absolute Gasteiger partial charge is 0.271 e. The van der Waals surface area contributed by atoms with Crippen molar-refractivity contribution in [3.05, 3.63) is 70.8 Å². The number of nitrogens with one attached hydrogen (secondary N) is 1. The van der Waals surface area contributed by atoms with Gasteiger partial charge < -0.3 is 0 Å². The normalized spacial score (nSPS) is 11.6. The Labute approximate surface area is 132 Å². The summed E-state index contributed by atoms with van der Waals surface area (Å²) in [5, 5.41) is 4.01. The van der Waals surface area contributed by atoms with E-state index in [0.29, 0.717) is 5.56 Å². The van der Waals surface area contributed by atoms with Gasteiger partial charge in [-0.3, -0.25) is 4.79 Å². The summed E-state index contributed by atoms with van der Waals surface area (Å²) in [7, 11) is 0. The zero-order valence-electron chi connectivity index (χ0n) is 13.6. The molecule has 0 aliphatic heterocycles. The Morgan fingerprint density at radius 3 is 2.36 bits per heavy atom. The molecule has 2 aromatic rings. The standard InChI is InChI=1S/C19H22N2O/c1-14-6-5-7-16(12-14)18(22)21-20-13-15-8-10-17(11-9-15)19(2,3)4/h5-13H,1-4H3,(H,21,22). The SMILES string of the molecule is Cc1cccc(C(=O)NN=Cc2ccc(C(C)(C)C)cc2)c1. The Balaban J connectivity index is 1.99. The molecule has 2 aromatic carbocycles. The minimum absolute atomic E-state index is 0.134. The van der Waals surface area contributed by atoms with Gasteiger partial charge >= 0.3 is 0 Å². The van der Waals surface area contributed by atoms with Gasteiger partial charge in [-0.05, 0) is 35.6 Å². The fourth-order valence-electron chi connectivity index (χ4n) is 2.09. The maximum atomic E-state index is 11.9. The van der Waals surface area contributed by atoms with Crippen molar-refractivity contribution < 1.29 is 4.79 Å². The van der Waals surface area contributed by atoms with Crippen molar-refractivity contribution in [1.29, 1.82) is 0 Å². The molecule has 22 heavy (non-hydrogen) atoms. The summed E-state index contributed by atoms with van der Waals surface area (Å²) in [6.45, 7) is 8.49. The van der Waals surface area contributed by atoms with Crippen LogP contribution in [0.3, 0.4) is 0 Å². The van der Waals surface area contributed by atoms with Crippen LogP contribution >= 0.6 is 0 Å². The quantitative estimate of drug-likeness (QED) is 0.673. The Hall–Kier alpha value is -2.42. The Kier molecular flexibility index (Phi) is 4.76. The van der Waals surface area contributed by atoms with Crippen LogP contribution in [0.25, 0.3) is 0 Å². The molecule has 0 aromatic heterocycles. The van der Waals surface area contributed by atoms with Crippen molar-refractivity contribution in [1.82, 2.24) is 5.43 Å². The fraction of sp³-hybridized carbons (Fsp3) is 0.263. The molecule has 0 aliphatic carbocycles. The van der Waals surface area contributed by atoms with Crippen LogP contribution in [0.4, 0.5) is 0 Å². The second kappa shape index (κ2) is 6.56. The lowest BCUT2D eigenvalue weighted by atomic mass is 9.87. The van der Waals surface area contributed by atoms with Gasteiger partial charge in [-0.1, -0.05) is 62.7 Å². The molecule has 0 radical (unpaired) electrons. The molecule has 3 nitrogen and oxygen atoms in total. The molecule has 2 rings (SSSR count). The molecule has 0 fully saturated rings. The maximum absolute atomic E-state index is 11.9. The van der Waals surface area contributed by atoms with Crippen LogP contribution in [0, 0.1) is 6.92 Å². The van der Waals surface area contributed by atoms with E-state index in [0.717, 1.165) is 11.1 Å². The summed E-state index contributed by atoms with van der Waals surface area (Å²) >= 11 is 0. The number of carbonyl (C=O) groups is 1. The van der Waals surface area contributed by atoms with Gasteiger partial charge in [-0.25, -0.2) is 5.43 Å². The van der Waals surface area contributed by atoms with Crippen molar-refractivity contribution in [2.24, 2.45) is 5.10 Å². The molecule has 0 spiro atoms. The van der Waals surface area contributed by atoms with Crippen molar-refractivity contribution >= 4 is 12.1 Å². The van der Waals surface area contributed by atoms with Crippen LogP contribution in [-0.4, -0.2) is 12.1 Å². The Bertz CT molecular complexity index is 679. The second-order valence-electron chi connectivity index (χ2n) is 6.44. The minimum atomic E-state index is -0.203. The average molecular weight is 294 g/mol. The molecule has 0 aliphatic rings. The molecule has 0 saturated heterocycles. The summed E-state index contributed by atoms with van der Waals surface area (Å²) in [5.41, 5.74) is 6.57. The predicted molar refractivity (Wildman–Crippen MR) is 91.4 cm³/mol. The Morgan fingerprint density at radius 2 is 1.77 bits per heavy atom. The molecule has 0 unspecified atom stereocenters. The highest BCUT2D eigenvalue weighted by Crippen LogP contribution is 2.21. The summed E-state index contributed by atoms with van der Waals surface area (Å²) in [4.78, 5) is 11.9. The summed E-state index contributed by atoms with van der Waals surface area (Å²) in [5.74, 6) is -0.203. The van der Waals surface area contributed by atoms with Crippen molar-refractivity contribution in [3.63, 3.8) is 0 Å². The third-order valence-electron chi connectivity index (χ3n) is 3.44. The second-order valence-corrected chi connectivity index (χ2v) is 6.44. The average Bonchev–Trinajstić information content (AvgIpc) is 2.47. The van der Waals surface area contributed by atoms with Crippen molar-refractivity contribution in [2.45, 2.75) is 33.1 Å². The van der Waals surface area contributed by atoms with E-state index in [-0.39, 0.29) is 11.3 Å². The molecule has 0 heterocycles. The number of hydrogen-bond acceptors (Lipinski definition) is 2. The third-order valence-corrected chi connectivity index (χ3v) is 3.44. The highest BCUT2D eigenvalue weighted by molar-refractivity contribution is 5.95. The van der Waals surface area contributed by atoms with E-state index in [9.17, 15) is 4.79 Å². The molecule has 1 N–H and O–H groups in total. The number of amides is 1. The van der Waals surface area contributed by atoms with Crippen LogP contribution in [0.1, 0.15) is 47.8 Å². The van der Waals surface area contributed by atoms with E-state index in [4.69, 9.17) is 0 Å². The van der Waals surface area contributed by atoms with E-state index < -0.39 is 0 Å². The lowest BCUT2D eigenvalue weighted by Gasteiger charge is -2.18. The summed E-state index contributed by atoms with van der Waals surface area (Å²) in [6, 6.07) is 15.6. The van der Waals surface area contributed by atoms with Crippen molar-refractivity contribution in [2.75, 3.05) is 0 Å². The zero-order chi connectivity index (χ0) is 16.2. The third kappa shape index (κ3) is 4.29. The highest BCUT2D eigenvalue weighted by atomic mass is 16.2. The molecule has 0 atom stereocenters. The van der Waals surface area contributed by atoms with E-state index in [2.05, 4.69) is 43.4 Å². The van der Waals surface area contributed by atoms with E-state index in [1.807, 2.05) is 37.3 Å². The van der Waals surface area contributed by atoms with Crippen LogP contribution in [0.15, 0.2) is 53.6 Å². The van der Waals surface area contributed by atoms with Crippen molar-refractivity contribution in [3.8, 4) is 0 Å². The highest BCUT2D eigenvalue weighted by Gasteiger charge is 2.12. The number of aryl methyl sites for hydroxylation is 1. The van der Waals surface area contributed by atoms with Gasteiger partial charge in [0.2, 0.25) is 0 Å². The van der Waals surface area contributed by atoms with Gasteiger partial charge in [-0.15, -0.1) is 0 Å². The van der Waals surface area contributed by atoms with Gasteiger partial charge in [0.25, 0.3) is 5.91 Å². The first kappa shape index (κ1) is 16.0. The lowest BCUT2D eigenvalue weighted by Crippen LogP contribution is -2.17. The first-order valence-electron chi connectivity index (χ1n) is 7.37. The number of rotatable bonds is 3. The Morgan fingerprint density at radius 1 is 1.09 bits per heavy atom. The number of benzene rings is 2. The first-order valence-corrected chi connectivity index (χ1v) is 7.37. The molecular weight excluding hydrogens is 272 g/mol. The first-order chi connectivity index (χ1) is 10.4. The molecular formula is C19H22N2O. The topological polar surface area (TPSA) is 41.5 Å².